The van der Waals surface area contributed by atoms with Crippen molar-refractivity contribution in [2.24, 2.45) is 0 Å². The van der Waals surface area contributed by atoms with Crippen LogP contribution in [0.15, 0.2) is 23.7 Å². The smallest absolute Gasteiger partial charge is 0.400 e. The maximum absolute atomic E-state index is 13.6. The van der Waals surface area contributed by atoms with Gasteiger partial charge in [-0.2, -0.15) is 13.2 Å². The van der Waals surface area contributed by atoms with Crippen molar-refractivity contribution in [3.05, 3.63) is 40.6 Å². The van der Waals surface area contributed by atoms with Gasteiger partial charge in [0.1, 0.15) is 5.82 Å². The van der Waals surface area contributed by atoms with Crippen molar-refractivity contribution < 1.29 is 31.7 Å². The van der Waals surface area contributed by atoms with Crippen LogP contribution < -0.4 is 0 Å². The molecule has 0 radical (unpaired) electrons. The number of carbonyl (C=O) groups excluding carboxylic acids is 1. The van der Waals surface area contributed by atoms with Crippen LogP contribution >= 0.6 is 11.8 Å². The first-order valence-electron chi connectivity index (χ1n) is 8.29. The molecule has 27 heavy (non-hydrogen) atoms. The first-order chi connectivity index (χ1) is 12.2. The molecule has 0 unspecified atom stereocenters. The third kappa shape index (κ3) is 5.15. The molecule has 9 heteroatoms. The largest absolute Gasteiger partial charge is 0.491 e. The molecule has 1 aromatic rings. The monoisotopic (exact) mass is 404 g/mol. The number of hydrogen-bond donors (Lipinski definition) is 0. The molecule has 0 saturated carbocycles. The van der Waals surface area contributed by atoms with Crippen molar-refractivity contribution in [2.45, 2.75) is 52.0 Å². The Hall–Kier alpha value is -1.32. The van der Waals surface area contributed by atoms with Gasteiger partial charge in [-0.25, -0.2) is 4.39 Å². The standard InChI is InChI=1S/C18H21BF4O3S/c1-11(24)27-10-13(19-25-16(2,3)17(4,5)26-19)8-12-9-14(20)6-7-15(12)18(21,22)23/h6-9H,10H2,1-5H3. The molecular formula is C18H21BF4O3S. The Balaban J connectivity index is 2.50. The Bertz CT molecular complexity index is 743. The van der Waals surface area contributed by atoms with E-state index in [4.69, 9.17) is 9.31 Å². The van der Waals surface area contributed by atoms with Gasteiger partial charge in [-0.05, 0) is 56.9 Å². The van der Waals surface area contributed by atoms with E-state index in [2.05, 4.69) is 0 Å². The van der Waals surface area contributed by atoms with Gasteiger partial charge in [-0.1, -0.05) is 17.8 Å². The topological polar surface area (TPSA) is 35.5 Å². The zero-order chi connectivity index (χ0) is 20.6. The minimum atomic E-state index is -4.64. The summed E-state index contributed by atoms with van der Waals surface area (Å²) in [6, 6.07) is 2.27. The number of thioether (sulfide) groups is 1. The third-order valence-corrected chi connectivity index (χ3v) is 5.54. The molecule has 1 aliphatic rings. The van der Waals surface area contributed by atoms with Gasteiger partial charge < -0.3 is 9.31 Å². The average molecular weight is 404 g/mol. The van der Waals surface area contributed by atoms with Crippen LogP contribution in [0.25, 0.3) is 6.08 Å². The normalized spacial score (nSPS) is 19.4. The van der Waals surface area contributed by atoms with Crippen molar-refractivity contribution in [3.63, 3.8) is 0 Å². The van der Waals surface area contributed by atoms with E-state index >= 15 is 0 Å². The van der Waals surface area contributed by atoms with Crippen molar-refractivity contribution >= 4 is 30.1 Å². The van der Waals surface area contributed by atoms with Gasteiger partial charge in [0.05, 0.1) is 16.8 Å². The molecule has 1 heterocycles. The van der Waals surface area contributed by atoms with Gasteiger partial charge in [-0.3, -0.25) is 4.79 Å². The minimum absolute atomic E-state index is 0.0694. The zero-order valence-electron chi connectivity index (χ0n) is 15.7. The summed E-state index contributed by atoms with van der Waals surface area (Å²) >= 11 is 0.921. The lowest BCUT2D eigenvalue weighted by Crippen LogP contribution is -2.41. The van der Waals surface area contributed by atoms with Crippen LogP contribution in [-0.2, 0) is 20.3 Å². The molecular weight excluding hydrogens is 383 g/mol. The van der Waals surface area contributed by atoms with Crippen molar-refractivity contribution in [1.29, 1.82) is 0 Å². The van der Waals surface area contributed by atoms with Crippen LogP contribution in [0.2, 0.25) is 0 Å². The molecule has 3 nitrogen and oxygen atoms in total. The molecule has 1 saturated heterocycles. The first kappa shape index (κ1) is 22.0. The number of alkyl halides is 3. The maximum atomic E-state index is 13.6. The van der Waals surface area contributed by atoms with Gasteiger partial charge in [-0.15, -0.1) is 0 Å². The van der Waals surface area contributed by atoms with Crippen molar-refractivity contribution in [3.8, 4) is 0 Å². The minimum Gasteiger partial charge on any atom is -0.400 e. The van der Waals surface area contributed by atoms with E-state index in [0.29, 0.717) is 11.5 Å². The number of rotatable bonds is 4. The maximum Gasteiger partial charge on any atom is 0.491 e. The van der Waals surface area contributed by atoms with E-state index in [9.17, 15) is 22.4 Å². The highest BCUT2D eigenvalue weighted by Crippen LogP contribution is 2.40. The molecule has 0 spiro atoms. The summed E-state index contributed by atoms with van der Waals surface area (Å²) in [6.45, 7) is 8.60. The predicted molar refractivity (Wildman–Crippen MR) is 98.6 cm³/mol. The van der Waals surface area contributed by atoms with E-state index in [1.165, 1.54) is 13.0 Å². The summed E-state index contributed by atoms with van der Waals surface area (Å²) in [7, 11) is -0.939. The fraction of sp³-hybridized carbons (Fsp3) is 0.500. The highest BCUT2D eigenvalue weighted by atomic mass is 32.2. The average Bonchev–Trinajstić information content (AvgIpc) is 2.70. The Morgan fingerprint density at radius 1 is 1.19 bits per heavy atom. The van der Waals surface area contributed by atoms with Crippen molar-refractivity contribution in [1.82, 2.24) is 0 Å². The second kappa shape index (κ2) is 7.60. The van der Waals surface area contributed by atoms with Crippen LogP contribution in [-0.4, -0.2) is 29.2 Å². The quantitative estimate of drug-likeness (QED) is 0.515. The molecule has 1 aromatic carbocycles. The summed E-state index contributed by atoms with van der Waals surface area (Å²) in [5.74, 6) is -0.721. The third-order valence-electron chi connectivity index (χ3n) is 4.66. The molecule has 1 aliphatic heterocycles. The van der Waals surface area contributed by atoms with Crippen LogP contribution in [0, 0.1) is 5.82 Å². The summed E-state index contributed by atoms with van der Waals surface area (Å²) < 4.78 is 65.3. The lowest BCUT2D eigenvalue weighted by molar-refractivity contribution is -0.137. The first-order valence-corrected chi connectivity index (χ1v) is 9.28. The molecule has 0 atom stereocenters. The van der Waals surface area contributed by atoms with E-state index in [0.717, 1.165) is 23.9 Å². The highest BCUT2D eigenvalue weighted by molar-refractivity contribution is 8.13. The van der Waals surface area contributed by atoms with Crippen LogP contribution in [0.4, 0.5) is 17.6 Å². The summed E-state index contributed by atoms with van der Waals surface area (Å²) in [5, 5.41) is -0.201. The summed E-state index contributed by atoms with van der Waals surface area (Å²) in [4.78, 5) is 11.4. The molecule has 0 aliphatic carbocycles. The van der Waals surface area contributed by atoms with Gasteiger partial charge in [0.15, 0.2) is 5.12 Å². The fourth-order valence-electron chi connectivity index (χ4n) is 2.47. The number of halogens is 4. The Kier molecular flexibility index (Phi) is 6.19. The lowest BCUT2D eigenvalue weighted by Gasteiger charge is -2.32. The lowest BCUT2D eigenvalue weighted by atomic mass is 9.78. The molecule has 2 rings (SSSR count). The SMILES string of the molecule is CC(=O)SCC(=Cc1cc(F)ccc1C(F)(F)F)B1OC(C)(C)C(C)(C)O1. The van der Waals surface area contributed by atoms with Crippen LogP contribution in [0.1, 0.15) is 45.7 Å². The van der Waals surface area contributed by atoms with Gasteiger partial charge in [0.2, 0.25) is 0 Å². The van der Waals surface area contributed by atoms with E-state index < -0.39 is 35.9 Å². The molecule has 0 amide bonds. The van der Waals surface area contributed by atoms with E-state index in [1.54, 1.807) is 0 Å². The predicted octanol–water partition coefficient (Wildman–Crippen LogP) is 5.14. The molecule has 1 fully saturated rings. The second-order valence-electron chi connectivity index (χ2n) is 7.32. The number of benzene rings is 1. The van der Waals surface area contributed by atoms with Gasteiger partial charge in [0.25, 0.3) is 0 Å². The Morgan fingerprint density at radius 2 is 1.74 bits per heavy atom. The van der Waals surface area contributed by atoms with Gasteiger partial charge >= 0.3 is 13.3 Å². The van der Waals surface area contributed by atoms with Crippen molar-refractivity contribution in [2.75, 3.05) is 5.75 Å². The molecule has 0 aromatic heterocycles. The Labute approximate surface area is 160 Å². The molecule has 0 N–H and O–H groups in total. The van der Waals surface area contributed by atoms with E-state index in [-0.39, 0.29) is 16.4 Å². The molecule has 148 valence electrons. The number of carbonyl (C=O) groups is 1. The van der Waals surface area contributed by atoms with Crippen LogP contribution in [0.5, 0.6) is 0 Å². The number of hydrogen-bond acceptors (Lipinski definition) is 4. The van der Waals surface area contributed by atoms with E-state index in [1.807, 2.05) is 27.7 Å². The second-order valence-corrected chi connectivity index (χ2v) is 8.47. The zero-order valence-corrected chi connectivity index (χ0v) is 16.6. The molecule has 0 bridgehead atoms. The highest BCUT2D eigenvalue weighted by Gasteiger charge is 2.52. The Morgan fingerprint density at radius 3 is 2.22 bits per heavy atom. The summed E-state index contributed by atoms with van der Waals surface area (Å²) in [5.41, 5.74) is -2.38. The summed E-state index contributed by atoms with van der Waals surface area (Å²) in [6.07, 6.45) is -3.45. The fourth-order valence-corrected chi connectivity index (χ4v) is 3.06. The van der Waals surface area contributed by atoms with Gasteiger partial charge in [0, 0.05) is 12.7 Å². The van der Waals surface area contributed by atoms with Crippen LogP contribution in [0.3, 0.4) is 0 Å².